The van der Waals surface area contributed by atoms with Gasteiger partial charge < -0.3 is 10.2 Å². The van der Waals surface area contributed by atoms with Crippen LogP contribution in [0.1, 0.15) is 32.8 Å². The lowest BCUT2D eigenvalue weighted by Crippen LogP contribution is -2.57. The van der Waals surface area contributed by atoms with Crippen LogP contribution in [0.2, 0.25) is 0 Å². The maximum absolute atomic E-state index is 14.1. The van der Waals surface area contributed by atoms with Crippen LogP contribution in [0.4, 0.5) is 4.39 Å². The van der Waals surface area contributed by atoms with Gasteiger partial charge >= 0.3 is 0 Å². The van der Waals surface area contributed by atoms with Crippen LogP contribution in [-0.2, 0) is 6.42 Å². The lowest BCUT2D eigenvalue weighted by Gasteiger charge is -2.43. The number of likely N-dealkylation sites (N-methyl/N-ethyl adjacent to an activating group) is 2. The highest BCUT2D eigenvalue weighted by Gasteiger charge is 2.34. The van der Waals surface area contributed by atoms with E-state index in [4.69, 9.17) is 0 Å². The van der Waals surface area contributed by atoms with E-state index in [2.05, 4.69) is 61.0 Å². The van der Waals surface area contributed by atoms with Gasteiger partial charge in [0.25, 0.3) is 0 Å². The maximum Gasteiger partial charge on any atom is 0.127 e. The molecule has 0 amide bonds. The third-order valence-corrected chi connectivity index (χ3v) is 4.87. The summed E-state index contributed by atoms with van der Waals surface area (Å²) in [6.45, 7) is 7.39. The molecule has 1 N–H and O–H groups in total. The Labute approximate surface area is 130 Å². The van der Waals surface area contributed by atoms with Gasteiger partial charge in [-0.1, -0.05) is 35.8 Å². The first-order valence-electron chi connectivity index (χ1n) is 7.19. The van der Waals surface area contributed by atoms with Gasteiger partial charge in [0.1, 0.15) is 5.82 Å². The van der Waals surface area contributed by atoms with Crippen LogP contribution in [0, 0.1) is 5.82 Å². The molecule has 0 aliphatic rings. The van der Waals surface area contributed by atoms with Crippen molar-refractivity contribution in [2.24, 2.45) is 0 Å². The number of hydrogen-bond donors (Lipinski definition) is 1. The van der Waals surface area contributed by atoms with Gasteiger partial charge in [0.2, 0.25) is 0 Å². The molecule has 20 heavy (non-hydrogen) atoms. The molecule has 0 bridgehead atoms. The Morgan fingerprint density at radius 2 is 2.00 bits per heavy atom. The quantitative estimate of drug-likeness (QED) is 0.808. The average molecular weight is 345 g/mol. The monoisotopic (exact) mass is 344 g/mol. The summed E-state index contributed by atoms with van der Waals surface area (Å²) >= 11 is 3.31. The third kappa shape index (κ3) is 4.03. The fourth-order valence-corrected chi connectivity index (χ4v) is 2.87. The molecule has 0 aliphatic carbocycles. The van der Waals surface area contributed by atoms with E-state index in [1.807, 2.05) is 12.1 Å². The number of nitrogens with zero attached hydrogens (tertiary/aromatic N) is 1. The summed E-state index contributed by atoms with van der Waals surface area (Å²) in [7, 11) is 4.18. The summed E-state index contributed by atoms with van der Waals surface area (Å²) in [4.78, 5) is 2.23. The van der Waals surface area contributed by atoms with Crippen molar-refractivity contribution in [1.82, 2.24) is 10.2 Å². The number of benzene rings is 1. The fourth-order valence-electron chi connectivity index (χ4n) is 2.54. The minimum Gasteiger partial charge on any atom is -0.312 e. The van der Waals surface area contributed by atoms with Crippen molar-refractivity contribution in [1.29, 1.82) is 0 Å². The minimum absolute atomic E-state index is 0.00444. The standard InChI is InChI=1S/C16H26BrFN2/c1-6-16(3,20(4)5)15(19-7-2)10-12-8-9-13(17)11-14(12)18/h8-9,11,15,19H,6-7,10H2,1-5H3. The van der Waals surface area contributed by atoms with E-state index in [0.29, 0.717) is 6.42 Å². The first kappa shape index (κ1) is 17.6. The molecule has 0 saturated carbocycles. The lowest BCUT2D eigenvalue weighted by atomic mass is 9.84. The Balaban J connectivity index is 3.02. The van der Waals surface area contributed by atoms with E-state index in [1.165, 1.54) is 6.07 Å². The zero-order valence-electron chi connectivity index (χ0n) is 13.1. The van der Waals surface area contributed by atoms with Crippen LogP contribution in [0.25, 0.3) is 0 Å². The summed E-state index contributed by atoms with van der Waals surface area (Å²) in [6.07, 6.45) is 1.70. The van der Waals surface area contributed by atoms with E-state index < -0.39 is 0 Å². The topological polar surface area (TPSA) is 15.3 Å². The average Bonchev–Trinajstić information content (AvgIpc) is 2.39. The molecule has 2 unspecified atom stereocenters. The highest BCUT2D eigenvalue weighted by atomic mass is 79.9. The highest BCUT2D eigenvalue weighted by molar-refractivity contribution is 9.10. The SMILES string of the molecule is CCNC(Cc1ccc(Br)cc1F)C(C)(CC)N(C)C. The second-order valence-electron chi connectivity index (χ2n) is 5.66. The first-order valence-corrected chi connectivity index (χ1v) is 7.99. The molecular formula is C16H26BrFN2. The number of rotatable bonds is 7. The summed E-state index contributed by atoms with van der Waals surface area (Å²) in [5.74, 6) is -0.139. The molecule has 0 aliphatic heterocycles. The second kappa shape index (κ2) is 7.53. The van der Waals surface area contributed by atoms with Crippen molar-refractivity contribution in [3.8, 4) is 0 Å². The van der Waals surface area contributed by atoms with Gasteiger partial charge in [0.05, 0.1) is 0 Å². The minimum atomic E-state index is -0.139. The van der Waals surface area contributed by atoms with E-state index in [0.717, 1.165) is 23.0 Å². The molecule has 0 spiro atoms. The fraction of sp³-hybridized carbons (Fsp3) is 0.625. The predicted octanol–water partition coefficient (Wildman–Crippen LogP) is 3.84. The van der Waals surface area contributed by atoms with Crippen molar-refractivity contribution < 1.29 is 4.39 Å². The summed E-state index contributed by atoms with van der Waals surface area (Å²) in [5.41, 5.74) is 0.760. The Morgan fingerprint density at radius 3 is 2.45 bits per heavy atom. The molecule has 0 fully saturated rings. The Kier molecular flexibility index (Phi) is 6.62. The predicted molar refractivity (Wildman–Crippen MR) is 87.7 cm³/mol. The van der Waals surface area contributed by atoms with Gasteiger partial charge in [-0.05, 0) is 58.1 Å². The first-order chi connectivity index (χ1) is 9.35. The molecule has 1 aromatic carbocycles. The van der Waals surface area contributed by atoms with E-state index in [-0.39, 0.29) is 17.4 Å². The van der Waals surface area contributed by atoms with Gasteiger partial charge in [-0.25, -0.2) is 4.39 Å². The van der Waals surface area contributed by atoms with Gasteiger partial charge in [0, 0.05) is 16.1 Å². The van der Waals surface area contributed by atoms with Crippen molar-refractivity contribution in [2.75, 3.05) is 20.6 Å². The van der Waals surface area contributed by atoms with Crippen LogP contribution >= 0.6 is 15.9 Å². The molecule has 0 aromatic heterocycles. The number of nitrogens with one attached hydrogen (secondary N) is 1. The summed E-state index contributed by atoms with van der Waals surface area (Å²) in [5, 5.41) is 3.53. The van der Waals surface area contributed by atoms with Crippen molar-refractivity contribution in [3.63, 3.8) is 0 Å². The van der Waals surface area contributed by atoms with Gasteiger partial charge in [-0.3, -0.25) is 0 Å². The zero-order valence-corrected chi connectivity index (χ0v) is 14.7. The number of halogens is 2. The van der Waals surface area contributed by atoms with Crippen LogP contribution < -0.4 is 5.32 Å². The molecular weight excluding hydrogens is 319 g/mol. The number of hydrogen-bond acceptors (Lipinski definition) is 2. The third-order valence-electron chi connectivity index (χ3n) is 4.38. The molecule has 0 heterocycles. The largest absolute Gasteiger partial charge is 0.312 e. The summed E-state index contributed by atoms with van der Waals surface area (Å²) < 4.78 is 14.9. The smallest absolute Gasteiger partial charge is 0.127 e. The Morgan fingerprint density at radius 1 is 1.35 bits per heavy atom. The van der Waals surface area contributed by atoms with Gasteiger partial charge in [0.15, 0.2) is 0 Å². The van der Waals surface area contributed by atoms with Crippen LogP contribution in [0.15, 0.2) is 22.7 Å². The molecule has 2 nitrogen and oxygen atoms in total. The Bertz CT molecular complexity index is 436. The lowest BCUT2D eigenvalue weighted by molar-refractivity contribution is 0.113. The molecule has 4 heteroatoms. The van der Waals surface area contributed by atoms with E-state index in [9.17, 15) is 4.39 Å². The van der Waals surface area contributed by atoms with Crippen LogP contribution in [-0.4, -0.2) is 37.1 Å². The molecule has 1 aromatic rings. The van der Waals surface area contributed by atoms with Crippen molar-refractivity contribution in [3.05, 3.63) is 34.1 Å². The van der Waals surface area contributed by atoms with Crippen molar-refractivity contribution >= 4 is 15.9 Å². The summed E-state index contributed by atoms with van der Waals surface area (Å²) in [6, 6.07) is 5.52. The van der Waals surface area contributed by atoms with Crippen molar-refractivity contribution in [2.45, 2.75) is 45.2 Å². The molecule has 2 atom stereocenters. The molecule has 114 valence electrons. The highest BCUT2D eigenvalue weighted by Crippen LogP contribution is 2.25. The molecule has 0 saturated heterocycles. The maximum atomic E-state index is 14.1. The van der Waals surface area contributed by atoms with E-state index in [1.54, 1.807) is 0 Å². The van der Waals surface area contributed by atoms with Crippen LogP contribution in [0.5, 0.6) is 0 Å². The zero-order chi connectivity index (χ0) is 15.3. The molecule has 1 rings (SSSR count). The normalized spacial score (nSPS) is 16.2. The molecule has 0 radical (unpaired) electrons. The van der Waals surface area contributed by atoms with Gasteiger partial charge in [-0.2, -0.15) is 0 Å². The second-order valence-corrected chi connectivity index (χ2v) is 6.57. The van der Waals surface area contributed by atoms with E-state index >= 15 is 0 Å². The Hall–Kier alpha value is -0.450. The van der Waals surface area contributed by atoms with Gasteiger partial charge in [-0.15, -0.1) is 0 Å². The van der Waals surface area contributed by atoms with Crippen LogP contribution in [0.3, 0.4) is 0 Å².